The lowest BCUT2D eigenvalue weighted by Crippen LogP contribution is -1.99. The monoisotopic (exact) mass is 240 g/mol. The van der Waals surface area contributed by atoms with E-state index in [2.05, 4.69) is 5.10 Å². The molecule has 2 aromatic rings. The lowest BCUT2D eigenvalue weighted by Gasteiger charge is -2.00. The van der Waals surface area contributed by atoms with Crippen LogP contribution in [-0.2, 0) is 16.8 Å². The average molecular weight is 240 g/mol. The fourth-order valence-electron chi connectivity index (χ4n) is 1.33. The van der Waals surface area contributed by atoms with Gasteiger partial charge in [-0.25, -0.2) is 0 Å². The molecule has 0 fully saturated rings. The van der Waals surface area contributed by atoms with Crippen LogP contribution >= 0.6 is 0 Å². The van der Waals surface area contributed by atoms with Gasteiger partial charge in [-0.1, -0.05) is 30.3 Å². The number of hydrogen-bond acceptors (Lipinski definition) is 3. The Labute approximate surface area is 92.5 Å². The summed E-state index contributed by atoms with van der Waals surface area (Å²) in [6, 6.07) is 9.37. The van der Waals surface area contributed by atoms with Crippen molar-refractivity contribution in [1.82, 2.24) is 9.78 Å². The molecule has 0 amide bonds. The van der Waals surface area contributed by atoms with Crippen molar-refractivity contribution in [3.8, 4) is 0 Å². The number of nitrogens with zero attached hydrogens (tertiary/aromatic N) is 2. The Kier molecular flexibility index (Phi) is 2.74. The summed E-state index contributed by atoms with van der Waals surface area (Å²) in [6.07, 6.45) is 2.17. The molecule has 1 aromatic heterocycles. The molecule has 0 spiro atoms. The molecule has 0 aliphatic rings. The molecule has 2 rings (SSSR count). The molecule has 0 saturated heterocycles. The number of rotatable bonds is 3. The minimum atomic E-state index is -4.66. The second-order valence-electron chi connectivity index (χ2n) is 3.30. The molecule has 0 unspecified atom stereocenters. The highest BCUT2D eigenvalue weighted by Crippen LogP contribution is 2.11. The Morgan fingerprint density at radius 3 is 2.50 bits per heavy atom. The van der Waals surface area contributed by atoms with Gasteiger partial charge in [0.1, 0.15) is 4.90 Å². The smallest absolute Gasteiger partial charge is 0.267 e. The van der Waals surface area contributed by atoms with Gasteiger partial charge in [-0.05, 0) is 5.56 Å². The van der Waals surface area contributed by atoms with Gasteiger partial charge in [0.25, 0.3) is 0 Å². The average Bonchev–Trinajstić information content (AvgIpc) is 2.67. The molecule has 16 heavy (non-hydrogen) atoms. The zero-order valence-electron chi connectivity index (χ0n) is 8.25. The Morgan fingerprint density at radius 2 is 1.94 bits per heavy atom. The predicted molar refractivity (Wildman–Crippen MR) is 56.1 cm³/mol. The number of halogens is 1. The van der Waals surface area contributed by atoms with Crippen LogP contribution in [0.3, 0.4) is 0 Å². The van der Waals surface area contributed by atoms with E-state index in [9.17, 15) is 12.3 Å². The first-order valence-corrected chi connectivity index (χ1v) is 5.95. The van der Waals surface area contributed by atoms with Gasteiger partial charge in [-0.2, -0.15) is 13.5 Å². The largest absolute Gasteiger partial charge is 0.335 e. The van der Waals surface area contributed by atoms with Crippen molar-refractivity contribution in [1.29, 1.82) is 0 Å². The van der Waals surface area contributed by atoms with Crippen LogP contribution in [0, 0.1) is 0 Å². The van der Waals surface area contributed by atoms with Gasteiger partial charge >= 0.3 is 10.2 Å². The Balaban J connectivity index is 2.22. The van der Waals surface area contributed by atoms with Crippen LogP contribution in [0.4, 0.5) is 3.89 Å². The molecule has 0 saturated carbocycles. The van der Waals surface area contributed by atoms with E-state index in [0.29, 0.717) is 6.54 Å². The molecule has 0 bridgehead atoms. The molecule has 0 aliphatic carbocycles. The van der Waals surface area contributed by atoms with Crippen molar-refractivity contribution in [2.24, 2.45) is 0 Å². The van der Waals surface area contributed by atoms with Crippen molar-refractivity contribution in [2.75, 3.05) is 0 Å². The van der Waals surface area contributed by atoms with Gasteiger partial charge in [0.2, 0.25) is 0 Å². The molecule has 6 heteroatoms. The highest BCUT2D eigenvalue weighted by molar-refractivity contribution is 7.86. The third-order valence-corrected chi connectivity index (χ3v) is 2.85. The van der Waals surface area contributed by atoms with Crippen LogP contribution in [0.5, 0.6) is 0 Å². The van der Waals surface area contributed by atoms with Gasteiger partial charge in [0.05, 0.1) is 12.7 Å². The van der Waals surface area contributed by atoms with E-state index in [1.165, 1.54) is 10.9 Å². The van der Waals surface area contributed by atoms with E-state index in [1.807, 2.05) is 30.3 Å². The first-order chi connectivity index (χ1) is 7.55. The second kappa shape index (κ2) is 4.05. The van der Waals surface area contributed by atoms with E-state index >= 15 is 0 Å². The van der Waals surface area contributed by atoms with Gasteiger partial charge in [-0.15, -0.1) is 3.89 Å². The zero-order chi connectivity index (χ0) is 11.6. The van der Waals surface area contributed by atoms with E-state index in [-0.39, 0.29) is 0 Å². The first-order valence-electron chi connectivity index (χ1n) is 4.57. The first kappa shape index (κ1) is 10.8. The molecule has 4 nitrogen and oxygen atoms in total. The van der Waals surface area contributed by atoms with Crippen molar-refractivity contribution in [3.05, 3.63) is 48.3 Å². The minimum Gasteiger partial charge on any atom is -0.267 e. The summed E-state index contributed by atoms with van der Waals surface area (Å²) in [5, 5.41) is 3.78. The molecule has 1 aromatic carbocycles. The quantitative estimate of drug-likeness (QED) is 0.765. The molecular formula is C10H9FN2O2S. The Hall–Kier alpha value is -1.69. The highest BCUT2D eigenvalue weighted by Gasteiger charge is 2.14. The number of benzene rings is 1. The summed E-state index contributed by atoms with van der Waals surface area (Å²) in [6.45, 7) is 0.413. The molecule has 84 valence electrons. The normalized spacial score (nSPS) is 11.6. The number of aromatic nitrogens is 2. The van der Waals surface area contributed by atoms with Crippen LogP contribution in [-0.4, -0.2) is 18.2 Å². The maximum atomic E-state index is 12.6. The summed E-state index contributed by atoms with van der Waals surface area (Å²) in [5.74, 6) is 0. The van der Waals surface area contributed by atoms with E-state index in [1.54, 1.807) is 0 Å². The maximum absolute atomic E-state index is 12.6. The summed E-state index contributed by atoms with van der Waals surface area (Å²) < 4.78 is 35.1. The predicted octanol–water partition coefficient (Wildman–Crippen LogP) is 1.59. The second-order valence-corrected chi connectivity index (χ2v) is 4.64. The molecule has 0 radical (unpaired) electrons. The standard InChI is InChI=1S/C10H9FN2O2S/c11-16(14,15)10-6-12-13(8-10)7-9-4-2-1-3-5-9/h1-6,8H,7H2. The minimum absolute atomic E-state index is 0.413. The van der Waals surface area contributed by atoms with Crippen molar-refractivity contribution in [2.45, 2.75) is 11.4 Å². The topological polar surface area (TPSA) is 52.0 Å². The number of hydrogen-bond donors (Lipinski definition) is 0. The van der Waals surface area contributed by atoms with Crippen molar-refractivity contribution in [3.63, 3.8) is 0 Å². The van der Waals surface area contributed by atoms with Crippen LogP contribution in [0.2, 0.25) is 0 Å². The lowest BCUT2D eigenvalue weighted by molar-refractivity contribution is 0.551. The van der Waals surface area contributed by atoms with Crippen LogP contribution in [0.1, 0.15) is 5.56 Å². The van der Waals surface area contributed by atoms with E-state index in [0.717, 1.165) is 11.8 Å². The fourth-order valence-corrected chi connectivity index (χ4v) is 1.75. The highest BCUT2D eigenvalue weighted by atomic mass is 32.3. The van der Waals surface area contributed by atoms with Gasteiger partial charge in [-0.3, -0.25) is 4.68 Å². The summed E-state index contributed by atoms with van der Waals surface area (Å²) in [5.41, 5.74) is 0.966. The lowest BCUT2D eigenvalue weighted by atomic mass is 10.2. The molecular weight excluding hydrogens is 231 g/mol. The zero-order valence-corrected chi connectivity index (χ0v) is 9.06. The van der Waals surface area contributed by atoms with Crippen LogP contribution < -0.4 is 0 Å². The van der Waals surface area contributed by atoms with E-state index < -0.39 is 15.1 Å². The van der Waals surface area contributed by atoms with Gasteiger partial charge in [0, 0.05) is 6.20 Å². The van der Waals surface area contributed by atoms with Gasteiger partial charge < -0.3 is 0 Å². The Bertz CT molecular complexity index is 578. The van der Waals surface area contributed by atoms with Crippen molar-refractivity contribution >= 4 is 10.2 Å². The third kappa shape index (κ3) is 2.46. The SMILES string of the molecule is O=S(=O)(F)c1cnn(Cc2ccccc2)c1. The molecule has 0 atom stereocenters. The summed E-state index contributed by atoms with van der Waals surface area (Å²) in [7, 11) is -4.66. The van der Waals surface area contributed by atoms with Gasteiger partial charge in [0.15, 0.2) is 0 Å². The summed E-state index contributed by atoms with van der Waals surface area (Å²) >= 11 is 0. The third-order valence-electron chi connectivity index (χ3n) is 2.08. The molecule has 0 aliphatic heterocycles. The Morgan fingerprint density at radius 1 is 1.25 bits per heavy atom. The molecule has 0 N–H and O–H groups in total. The van der Waals surface area contributed by atoms with Crippen LogP contribution in [0.25, 0.3) is 0 Å². The maximum Gasteiger partial charge on any atom is 0.335 e. The molecule has 1 heterocycles. The van der Waals surface area contributed by atoms with Crippen molar-refractivity contribution < 1.29 is 12.3 Å². The van der Waals surface area contributed by atoms with E-state index in [4.69, 9.17) is 0 Å². The fraction of sp³-hybridized carbons (Fsp3) is 0.100. The summed E-state index contributed by atoms with van der Waals surface area (Å²) in [4.78, 5) is -0.413. The van der Waals surface area contributed by atoms with Crippen LogP contribution in [0.15, 0.2) is 47.6 Å².